The first-order valence-corrected chi connectivity index (χ1v) is 9.54. The highest BCUT2D eigenvalue weighted by Gasteiger charge is 2.56. The van der Waals surface area contributed by atoms with E-state index < -0.39 is 23.3 Å². The first-order valence-electron chi connectivity index (χ1n) is 9.54. The molecule has 7 nitrogen and oxygen atoms in total. The molecule has 1 N–H and O–H groups in total. The van der Waals surface area contributed by atoms with Gasteiger partial charge in [0.1, 0.15) is 11.2 Å². The van der Waals surface area contributed by atoms with Crippen molar-refractivity contribution in [2.24, 2.45) is 5.41 Å². The molecule has 1 fully saturated rings. The Morgan fingerprint density at radius 1 is 1.10 bits per heavy atom. The van der Waals surface area contributed by atoms with Gasteiger partial charge in [0.15, 0.2) is 0 Å². The molecule has 29 heavy (non-hydrogen) atoms. The van der Waals surface area contributed by atoms with Gasteiger partial charge in [-0.25, -0.2) is 4.79 Å². The molecular weight excluding hydrogens is 370 g/mol. The second kappa shape index (κ2) is 7.24. The second-order valence-electron chi connectivity index (χ2n) is 7.56. The topological polar surface area (TPSA) is 79.0 Å². The Morgan fingerprint density at radius 3 is 2.59 bits per heavy atom. The van der Waals surface area contributed by atoms with Crippen molar-refractivity contribution in [2.45, 2.75) is 12.8 Å². The van der Waals surface area contributed by atoms with Crippen LogP contribution in [0.3, 0.4) is 0 Å². The Hall–Kier alpha value is -3.35. The van der Waals surface area contributed by atoms with Crippen LogP contribution < -0.4 is 15.0 Å². The number of hydrogen-bond acceptors (Lipinski definition) is 5. The van der Waals surface area contributed by atoms with E-state index in [1.54, 1.807) is 7.11 Å². The number of anilines is 1. The van der Waals surface area contributed by atoms with E-state index in [9.17, 15) is 14.4 Å². The molecular formula is C22H23N3O4. The highest BCUT2D eigenvalue weighted by molar-refractivity contribution is 6.20. The van der Waals surface area contributed by atoms with E-state index in [0.29, 0.717) is 12.2 Å². The maximum absolute atomic E-state index is 13.4. The van der Waals surface area contributed by atoms with Gasteiger partial charge in [0.05, 0.1) is 7.11 Å². The summed E-state index contributed by atoms with van der Waals surface area (Å²) >= 11 is 0. The summed E-state index contributed by atoms with van der Waals surface area (Å²) in [7, 11) is 3.42. The minimum atomic E-state index is -1.33. The molecule has 0 radical (unpaired) electrons. The van der Waals surface area contributed by atoms with Crippen molar-refractivity contribution >= 4 is 23.5 Å². The van der Waals surface area contributed by atoms with Gasteiger partial charge in [-0.05, 0) is 42.2 Å². The molecule has 0 aliphatic carbocycles. The van der Waals surface area contributed by atoms with Crippen molar-refractivity contribution < 1.29 is 19.1 Å². The molecule has 1 atom stereocenters. The van der Waals surface area contributed by atoms with Gasteiger partial charge >= 0.3 is 6.03 Å². The number of carbonyl (C=O) groups is 3. The molecule has 7 heteroatoms. The molecule has 2 aromatic carbocycles. The van der Waals surface area contributed by atoms with Gasteiger partial charge < -0.3 is 9.64 Å². The highest BCUT2D eigenvalue weighted by Crippen LogP contribution is 2.40. The van der Waals surface area contributed by atoms with Gasteiger partial charge in [0.25, 0.3) is 0 Å². The Balaban J connectivity index is 1.64. The van der Waals surface area contributed by atoms with Gasteiger partial charge in [0.2, 0.25) is 11.8 Å². The largest absolute Gasteiger partial charge is 0.497 e. The van der Waals surface area contributed by atoms with Crippen LogP contribution in [0, 0.1) is 5.41 Å². The van der Waals surface area contributed by atoms with E-state index in [1.165, 1.54) is 4.90 Å². The molecule has 1 saturated heterocycles. The fraction of sp³-hybridized carbons (Fsp3) is 0.318. The molecule has 4 rings (SSSR count). The summed E-state index contributed by atoms with van der Waals surface area (Å²) < 4.78 is 5.30. The van der Waals surface area contributed by atoms with Crippen molar-refractivity contribution in [1.82, 2.24) is 10.2 Å². The van der Waals surface area contributed by atoms with Gasteiger partial charge in [-0.3, -0.25) is 19.8 Å². The number of amides is 4. The van der Waals surface area contributed by atoms with E-state index in [0.717, 1.165) is 16.8 Å². The fourth-order valence-corrected chi connectivity index (χ4v) is 4.19. The van der Waals surface area contributed by atoms with Crippen LogP contribution in [0.15, 0.2) is 48.5 Å². The number of nitrogens with zero attached hydrogens (tertiary/aromatic N) is 2. The molecule has 2 aliphatic rings. The third-order valence-corrected chi connectivity index (χ3v) is 5.72. The average molecular weight is 393 g/mol. The predicted molar refractivity (Wildman–Crippen MR) is 108 cm³/mol. The predicted octanol–water partition coefficient (Wildman–Crippen LogP) is 1.99. The van der Waals surface area contributed by atoms with Crippen LogP contribution >= 0.6 is 0 Å². The molecule has 0 bridgehead atoms. The lowest BCUT2D eigenvalue weighted by atomic mass is 9.74. The molecule has 1 spiro atoms. The van der Waals surface area contributed by atoms with Crippen LogP contribution in [0.4, 0.5) is 10.5 Å². The summed E-state index contributed by atoms with van der Waals surface area (Å²) in [4.78, 5) is 41.8. The number of carbonyl (C=O) groups excluding carboxylic acids is 3. The zero-order valence-electron chi connectivity index (χ0n) is 16.5. The summed E-state index contributed by atoms with van der Waals surface area (Å²) in [6, 6.07) is 14.6. The highest BCUT2D eigenvalue weighted by atomic mass is 16.5. The number of methoxy groups -OCH3 is 1. The summed E-state index contributed by atoms with van der Waals surface area (Å²) in [5.74, 6) is -0.318. The van der Waals surface area contributed by atoms with E-state index in [4.69, 9.17) is 4.74 Å². The SMILES string of the molecule is COc1ccc2c(c1)C[C@@]1(CN2C)C(=O)NC(=O)N(CCc2ccccc2)C1=O. The smallest absolute Gasteiger partial charge is 0.330 e. The van der Waals surface area contributed by atoms with Gasteiger partial charge in [0, 0.05) is 25.8 Å². The van der Waals surface area contributed by atoms with Crippen LogP contribution in [0.25, 0.3) is 0 Å². The van der Waals surface area contributed by atoms with Crippen molar-refractivity contribution in [1.29, 1.82) is 0 Å². The maximum Gasteiger partial charge on any atom is 0.330 e. The number of nitrogens with one attached hydrogen (secondary N) is 1. The van der Waals surface area contributed by atoms with Gasteiger partial charge in [-0.2, -0.15) is 0 Å². The van der Waals surface area contributed by atoms with E-state index in [-0.39, 0.29) is 19.5 Å². The van der Waals surface area contributed by atoms with Crippen LogP contribution in [-0.4, -0.2) is 50.0 Å². The molecule has 2 aliphatic heterocycles. The van der Waals surface area contributed by atoms with Crippen LogP contribution in [-0.2, 0) is 22.4 Å². The van der Waals surface area contributed by atoms with Gasteiger partial charge in [-0.1, -0.05) is 30.3 Å². The summed E-state index contributed by atoms with van der Waals surface area (Å²) in [6.45, 7) is 0.435. The summed E-state index contributed by atoms with van der Waals surface area (Å²) in [5, 5.41) is 2.41. The summed E-state index contributed by atoms with van der Waals surface area (Å²) in [6.07, 6.45) is 0.758. The van der Waals surface area contributed by atoms with E-state index in [2.05, 4.69) is 5.32 Å². The number of urea groups is 1. The lowest BCUT2D eigenvalue weighted by molar-refractivity contribution is -0.151. The lowest BCUT2D eigenvalue weighted by Gasteiger charge is -2.45. The molecule has 4 amide bonds. The first-order chi connectivity index (χ1) is 13.9. The number of barbiturate groups is 1. The number of fused-ring (bicyclic) bond motifs is 1. The Kier molecular flexibility index (Phi) is 4.74. The molecule has 150 valence electrons. The zero-order valence-corrected chi connectivity index (χ0v) is 16.5. The van der Waals surface area contributed by atoms with Crippen LogP contribution in [0.5, 0.6) is 5.75 Å². The third-order valence-electron chi connectivity index (χ3n) is 5.72. The molecule has 2 aromatic rings. The molecule has 2 heterocycles. The Labute approximate surface area is 169 Å². The van der Waals surface area contributed by atoms with Crippen LogP contribution in [0.1, 0.15) is 11.1 Å². The number of imide groups is 2. The molecule has 0 aromatic heterocycles. The van der Waals surface area contributed by atoms with Crippen LogP contribution in [0.2, 0.25) is 0 Å². The number of rotatable bonds is 4. The molecule has 0 unspecified atom stereocenters. The third kappa shape index (κ3) is 3.22. The minimum Gasteiger partial charge on any atom is -0.497 e. The van der Waals surface area contributed by atoms with Crippen molar-refractivity contribution in [3.05, 3.63) is 59.7 Å². The lowest BCUT2D eigenvalue weighted by Crippen LogP contribution is -2.68. The summed E-state index contributed by atoms with van der Waals surface area (Å²) in [5.41, 5.74) is 1.48. The van der Waals surface area contributed by atoms with Crippen molar-refractivity contribution in [3.8, 4) is 5.75 Å². The molecule has 0 saturated carbocycles. The number of ether oxygens (including phenoxy) is 1. The maximum atomic E-state index is 13.4. The van der Waals surface area contributed by atoms with E-state index in [1.807, 2.05) is 60.5 Å². The van der Waals surface area contributed by atoms with Gasteiger partial charge in [-0.15, -0.1) is 0 Å². The Morgan fingerprint density at radius 2 is 1.86 bits per heavy atom. The quantitative estimate of drug-likeness (QED) is 0.804. The normalized spacial score (nSPS) is 21.2. The first kappa shape index (κ1) is 19.0. The second-order valence-corrected chi connectivity index (χ2v) is 7.56. The number of hydrogen-bond donors (Lipinski definition) is 1. The number of benzene rings is 2. The Bertz CT molecular complexity index is 975. The van der Waals surface area contributed by atoms with Crippen molar-refractivity contribution in [2.75, 3.05) is 32.1 Å². The zero-order chi connectivity index (χ0) is 20.6. The van der Waals surface area contributed by atoms with E-state index >= 15 is 0 Å². The van der Waals surface area contributed by atoms with Crippen molar-refractivity contribution in [3.63, 3.8) is 0 Å². The monoisotopic (exact) mass is 393 g/mol. The fourth-order valence-electron chi connectivity index (χ4n) is 4.19. The minimum absolute atomic E-state index is 0.214. The average Bonchev–Trinajstić information content (AvgIpc) is 2.72. The standard InChI is InChI=1S/C22H23N3O4/c1-24-14-22(13-16-12-17(29-2)8-9-18(16)24)19(26)23-21(28)25(20(22)27)11-10-15-6-4-3-5-7-15/h3-9,12H,10-11,13-14H2,1-2H3,(H,23,26,28)/t22-/m1/s1.